The maximum absolute atomic E-state index is 13.1. The second-order valence-corrected chi connectivity index (χ2v) is 3.59. The first kappa shape index (κ1) is 10.3. The van der Waals surface area contributed by atoms with Crippen molar-refractivity contribution < 1.29 is 13.5 Å². The molecule has 1 saturated heterocycles. The SMILES string of the molecule is Fc1cnc(NCC2CCOC2)c(F)c1. The Hall–Kier alpha value is -1.23. The lowest BCUT2D eigenvalue weighted by molar-refractivity contribution is 0.187. The molecule has 0 aromatic carbocycles. The molecule has 0 aliphatic carbocycles. The van der Waals surface area contributed by atoms with Crippen molar-refractivity contribution in [2.75, 3.05) is 25.1 Å². The highest BCUT2D eigenvalue weighted by Crippen LogP contribution is 2.15. The van der Waals surface area contributed by atoms with Gasteiger partial charge in [0.05, 0.1) is 12.8 Å². The first-order valence-corrected chi connectivity index (χ1v) is 4.88. The van der Waals surface area contributed by atoms with Crippen molar-refractivity contribution in [2.45, 2.75) is 6.42 Å². The van der Waals surface area contributed by atoms with Gasteiger partial charge in [0.25, 0.3) is 0 Å². The zero-order chi connectivity index (χ0) is 10.7. The molecule has 15 heavy (non-hydrogen) atoms. The van der Waals surface area contributed by atoms with E-state index in [1.165, 1.54) is 0 Å². The summed E-state index contributed by atoms with van der Waals surface area (Å²) in [5.74, 6) is -0.837. The summed E-state index contributed by atoms with van der Waals surface area (Å²) in [5.41, 5.74) is 0. The summed E-state index contributed by atoms with van der Waals surface area (Å²) in [6, 6.07) is 0.820. The summed E-state index contributed by atoms with van der Waals surface area (Å²) in [7, 11) is 0. The fourth-order valence-corrected chi connectivity index (χ4v) is 1.53. The first-order chi connectivity index (χ1) is 7.25. The summed E-state index contributed by atoms with van der Waals surface area (Å²) in [5, 5.41) is 2.85. The minimum atomic E-state index is -0.665. The van der Waals surface area contributed by atoms with E-state index in [9.17, 15) is 8.78 Å². The largest absolute Gasteiger partial charge is 0.381 e. The van der Waals surface area contributed by atoms with E-state index in [0.29, 0.717) is 19.1 Å². The standard InChI is InChI=1S/C10H12F2N2O/c11-8-3-9(12)10(14-5-8)13-4-7-1-2-15-6-7/h3,5,7H,1-2,4,6H2,(H,13,14). The number of aromatic nitrogens is 1. The zero-order valence-corrected chi connectivity index (χ0v) is 8.17. The third-order valence-corrected chi connectivity index (χ3v) is 2.39. The molecule has 0 amide bonds. The van der Waals surface area contributed by atoms with Gasteiger partial charge >= 0.3 is 0 Å². The molecule has 5 heteroatoms. The molecule has 2 rings (SSSR count). The maximum Gasteiger partial charge on any atom is 0.168 e. The van der Waals surface area contributed by atoms with Gasteiger partial charge in [-0.3, -0.25) is 0 Å². The number of nitrogens with zero attached hydrogens (tertiary/aromatic N) is 1. The molecule has 82 valence electrons. The number of rotatable bonds is 3. The van der Waals surface area contributed by atoms with Crippen LogP contribution < -0.4 is 5.32 Å². The highest BCUT2D eigenvalue weighted by atomic mass is 19.1. The molecule has 1 aliphatic heterocycles. The van der Waals surface area contributed by atoms with Gasteiger partial charge in [-0.2, -0.15) is 0 Å². The lowest BCUT2D eigenvalue weighted by atomic mass is 10.1. The van der Waals surface area contributed by atoms with Crippen molar-refractivity contribution in [3.05, 3.63) is 23.9 Å². The van der Waals surface area contributed by atoms with Crippen LogP contribution in [0.25, 0.3) is 0 Å². The van der Waals surface area contributed by atoms with Crippen LogP contribution in [0.1, 0.15) is 6.42 Å². The lowest BCUT2D eigenvalue weighted by Crippen LogP contribution is -2.15. The quantitative estimate of drug-likeness (QED) is 0.833. The van der Waals surface area contributed by atoms with Crippen molar-refractivity contribution in [3.8, 4) is 0 Å². The summed E-state index contributed by atoms with van der Waals surface area (Å²) in [6.07, 6.45) is 1.96. The predicted molar refractivity (Wildman–Crippen MR) is 51.6 cm³/mol. The number of nitrogens with one attached hydrogen (secondary N) is 1. The molecule has 3 nitrogen and oxygen atoms in total. The van der Waals surface area contributed by atoms with Crippen LogP contribution in [-0.4, -0.2) is 24.7 Å². The van der Waals surface area contributed by atoms with E-state index in [4.69, 9.17) is 4.74 Å². The summed E-state index contributed by atoms with van der Waals surface area (Å²) in [4.78, 5) is 3.64. The average molecular weight is 214 g/mol. The van der Waals surface area contributed by atoms with Crippen LogP contribution in [0, 0.1) is 17.6 Å². The Morgan fingerprint density at radius 3 is 3.07 bits per heavy atom. The molecule has 2 heterocycles. The normalized spacial score (nSPS) is 20.5. The minimum Gasteiger partial charge on any atom is -0.381 e. The monoisotopic (exact) mass is 214 g/mol. The predicted octanol–water partition coefficient (Wildman–Crippen LogP) is 1.81. The van der Waals surface area contributed by atoms with Gasteiger partial charge in [0.2, 0.25) is 0 Å². The van der Waals surface area contributed by atoms with Gasteiger partial charge < -0.3 is 10.1 Å². The van der Waals surface area contributed by atoms with Crippen molar-refractivity contribution in [1.82, 2.24) is 4.98 Å². The first-order valence-electron chi connectivity index (χ1n) is 4.88. The smallest absolute Gasteiger partial charge is 0.168 e. The molecule has 0 saturated carbocycles. The fraction of sp³-hybridized carbons (Fsp3) is 0.500. The Labute approximate surface area is 86.5 Å². The van der Waals surface area contributed by atoms with E-state index in [0.717, 1.165) is 25.3 Å². The highest BCUT2D eigenvalue weighted by Gasteiger charge is 2.16. The number of ether oxygens (including phenoxy) is 1. The average Bonchev–Trinajstić information content (AvgIpc) is 2.69. The second-order valence-electron chi connectivity index (χ2n) is 3.59. The van der Waals surface area contributed by atoms with E-state index in [-0.39, 0.29) is 5.82 Å². The Kier molecular flexibility index (Phi) is 3.11. The second kappa shape index (κ2) is 4.53. The Balaban J connectivity index is 1.92. The number of pyridine rings is 1. The zero-order valence-electron chi connectivity index (χ0n) is 8.17. The van der Waals surface area contributed by atoms with Crippen molar-refractivity contribution in [1.29, 1.82) is 0 Å². The molecule has 1 aromatic heterocycles. The molecule has 0 radical (unpaired) electrons. The van der Waals surface area contributed by atoms with Crippen LogP contribution in [0.2, 0.25) is 0 Å². The van der Waals surface area contributed by atoms with Crippen LogP contribution in [0.3, 0.4) is 0 Å². The fourth-order valence-electron chi connectivity index (χ4n) is 1.53. The number of halogens is 2. The molecule has 1 aliphatic rings. The topological polar surface area (TPSA) is 34.2 Å². The van der Waals surface area contributed by atoms with Crippen LogP contribution in [-0.2, 0) is 4.74 Å². The lowest BCUT2D eigenvalue weighted by Gasteiger charge is -2.10. The molecule has 1 unspecified atom stereocenters. The number of anilines is 1. The molecule has 0 bridgehead atoms. The van der Waals surface area contributed by atoms with Crippen LogP contribution >= 0.6 is 0 Å². The number of hydrogen-bond acceptors (Lipinski definition) is 3. The van der Waals surface area contributed by atoms with Gasteiger partial charge in [-0.1, -0.05) is 0 Å². The third kappa shape index (κ3) is 2.62. The van der Waals surface area contributed by atoms with Crippen molar-refractivity contribution >= 4 is 5.82 Å². The maximum atomic E-state index is 13.1. The van der Waals surface area contributed by atoms with E-state index in [2.05, 4.69) is 10.3 Å². The summed E-state index contributed by atoms with van der Waals surface area (Å²) < 4.78 is 30.8. The molecule has 1 aromatic rings. The summed E-state index contributed by atoms with van der Waals surface area (Å²) in [6.45, 7) is 2.05. The van der Waals surface area contributed by atoms with Crippen molar-refractivity contribution in [2.24, 2.45) is 5.92 Å². The van der Waals surface area contributed by atoms with E-state index >= 15 is 0 Å². The Bertz CT molecular complexity index is 340. The molecular formula is C10H12F2N2O. The Morgan fingerprint density at radius 2 is 2.40 bits per heavy atom. The minimum absolute atomic E-state index is 0.100. The van der Waals surface area contributed by atoms with Gasteiger partial charge in [-0.25, -0.2) is 13.8 Å². The van der Waals surface area contributed by atoms with Gasteiger partial charge in [0, 0.05) is 25.1 Å². The number of hydrogen-bond donors (Lipinski definition) is 1. The van der Waals surface area contributed by atoms with Gasteiger partial charge in [-0.05, 0) is 6.42 Å². The van der Waals surface area contributed by atoms with Crippen LogP contribution in [0.4, 0.5) is 14.6 Å². The van der Waals surface area contributed by atoms with Crippen molar-refractivity contribution in [3.63, 3.8) is 0 Å². The van der Waals surface area contributed by atoms with Crippen LogP contribution in [0.5, 0.6) is 0 Å². The third-order valence-electron chi connectivity index (χ3n) is 2.39. The molecule has 0 spiro atoms. The van der Waals surface area contributed by atoms with E-state index in [1.54, 1.807) is 0 Å². The summed E-state index contributed by atoms with van der Waals surface area (Å²) >= 11 is 0. The van der Waals surface area contributed by atoms with Crippen LogP contribution in [0.15, 0.2) is 12.3 Å². The highest BCUT2D eigenvalue weighted by molar-refractivity contribution is 5.35. The Morgan fingerprint density at radius 1 is 1.53 bits per heavy atom. The molecular weight excluding hydrogens is 202 g/mol. The van der Waals surface area contributed by atoms with E-state index < -0.39 is 11.6 Å². The molecule has 1 fully saturated rings. The molecule has 1 N–H and O–H groups in total. The van der Waals surface area contributed by atoms with Gasteiger partial charge in [0.1, 0.15) is 5.82 Å². The molecule has 1 atom stereocenters. The van der Waals surface area contributed by atoms with Gasteiger partial charge in [-0.15, -0.1) is 0 Å². The van der Waals surface area contributed by atoms with Gasteiger partial charge in [0.15, 0.2) is 11.6 Å². The van der Waals surface area contributed by atoms with E-state index in [1.807, 2.05) is 0 Å².